The van der Waals surface area contributed by atoms with Crippen LogP contribution in [0.3, 0.4) is 0 Å². The minimum absolute atomic E-state index is 0.0784. The molecule has 2 heterocycles. The molecule has 3 aromatic rings. The Hall–Kier alpha value is -2.56. The van der Waals surface area contributed by atoms with Gasteiger partial charge in [0.2, 0.25) is 0 Å². The summed E-state index contributed by atoms with van der Waals surface area (Å²) in [7, 11) is 0. The first kappa shape index (κ1) is 11.5. The molecule has 0 aliphatic heterocycles. The molecule has 0 saturated carbocycles. The third-order valence-electron chi connectivity index (χ3n) is 2.77. The highest BCUT2D eigenvalue weighted by Crippen LogP contribution is 2.15. The number of nitrogens with zero attached hydrogens (tertiary/aromatic N) is 1. The molecule has 96 valence electrons. The summed E-state index contributed by atoms with van der Waals surface area (Å²) >= 11 is 0. The molecule has 0 radical (unpaired) electrons. The number of esters is 1. The lowest BCUT2D eigenvalue weighted by molar-refractivity contribution is 0.0431. The molecule has 0 aliphatic rings. The molecule has 2 aromatic heterocycles. The van der Waals surface area contributed by atoms with Gasteiger partial charge in [-0.3, -0.25) is 0 Å². The van der Waals surface area contributed by atoms with Gasteiger partial charge in [-0.15, -0.1) is 0 Å². The van der Waals surface area contributed by atoms with E-state index in [1.165, 1.54) is 0 Å². The highest BCUT2D eigenvalue weighted by atomic mass is 16.5. The van der Waals surface area contributed by atoms with Crippen LogP contribution in [0.1, 0.15) is 21.9 Å². The summed E-state index contributed by atoms with van der Waals surface area (Å²) in [6.07, 6.45) is 0. The van der Waals surface area contributed by atoms with Crippen molar-refractivity contribution in [2.24, 2.45) is 0 Å². The van der Waals surface area contributed by atoms with Crippen LogP contribution >= 0.6 is 0 Å². The number of carbonyl (C=O) groups is 1. The first-order chi connectivity index (χ1) is 9.22. The normalized spacial score (nSPS) is 10.8. The Kier molecular flexibility index (Phi) is 2.79. The van der Waals surface area contributed by atoms with Crippen molar-refractivity contribution in [2.75, 3.05) is 0 Å². The molecule has 19 heavy (non-hydrogen) atoms. The second-order valence-electron chi connectivity index (χ2n) is 4.28. The topological polar surface area (TPSA) is 68.1 Å². The Balaban J connectivity index is 1.73. The van der Waals surface area contributed by atoms with Gasteiger partial charge < -0.3 is 14.2 Å². The zero-order valence-electron chi connectivity index (χ0n) is 10.3. The fourth-order valence-electron chi connectivity index (χ4n) is 1.88. The molecule has 0 saturated heterocycles. The Labute approximate surface area is 109 Å². The summed E-state index contributed by atoms with van der Waals surface area (Å²) in [5.74, 6) is 0.118. The molecule has 1 N–H and O–H groups in total. The number of aryl methyl sites for hydroxylation is 1. The van der Waals surface area contributed by atoms with Gasteiger partial charge in [0.1, 0.15) is 5.69 Å². The van der Waals surface area contributed by atoms with Crippen LogP contribution < -0.4 is 0 Å². The zero-order chi connectivity index (χ0) is 13.2. The van der Waals surface area contributed by atoms with Gasteiger partial charge in [0.05, 0.1) is 5.69 Å². The van der Waals surface area contributed by atoms with Gasteiger partial charge in [0, 0.05) is 17.0 Å². The van der Waals surface area contributed by atoms with Crippen LogP contribution in [-0.4, -0.2) is 16.1 Å². The SMILES string of the molecule is Cc1cc(COC(=O)c2cc3ccccc3[nH]2)on1. The molecule has 5 heteroatoms. The first-order valence-corrected chi connectivity index (χ1v) is 5.89. The van der Waals surface area contributed by atoms with E-state index in [0.717, 1.165) is 16.6 Å². The van der Waals surface area contributed by atoms with Gasteiger partial charge in [-0.25, -0.2) is 4.79 Å². The molecule has 0 bridgehead atoms. The number of benzene rings is 1. The maximum Gasteiger partial charge on any atom is 0.355 e. The van der Waals surface area contributed by atoms with Crippen LogP contribution in [0.5, 0.6) is 0 Å². The Morgan fingerprint density at radius 1 is 1.37 bits per heavy atom. The molecule has 0 amide bonds. The van der Waals surface area contributed by atoms with Crippen molar-refractivity contribution in [1.82, 2.24) is 10.1 Å². The molecule has 0 atom stereocenters. The summed E-state index contributed by atoms with van der Waals surface area (Å²) < 4.78 is 10.1. The molecule has 0 fully saturated rings. The van der Waals surface area contributed by atoms with Gasteiger partial charge in [0.25, 0.3) is 0 Å². The van der Waals surface area contributed by atoms with Crippen molar-refractivity contribution in [3.05, 3.63) is 53.5 Å². The quantitative estimate of drug-likeness (QED) is 0.731. The molecule has 3 rings (SSSR count). The van der Waals surface area contributed by atoms with Gasteiger partial charge in [-0.1, -0.05) is 23.4 Å². The number of fused-ring (bicyclic) bond motifs is 1. The van der Waals surface area contributed by atoms with Crippen molar-refractivity contribution in [2.45, 2.75) is 13.5 Å². The van der Waals surface area contributed by atoms with Gasteiger partial charge in [0.15, 0.2) is 12.4 Å². The predicted octanol–water partition coefficient (Wildman–Crippen LogP) is 2.82. The molecule has 0 spiro atoms. The molecular formula is C14H12N2O3. The minimum Gasteiger partial charge on any atom is -0.453 e. The Morgan fingerprint density at radius 2 is 2.21 bits per heavy atom. The number of rotatable bonds is 3. The van der Waals surface area contributed by atoms with Crippen molar-refractivity contribution in [3.8, 4) is 0 Å². The van der Waals surface area contributed by atoms with E-state index in [0.29, 0.717) is 11.5 Å². The predicted molar refractivity (Wildman–Crippen MR) is 68.7 cm³/mol. The van der Waals surface area contributed by atoms with E-state index in [2.05, 4.69) is 10.1 Å². The third-order valence-corrected chi connectivity index (χ3v) is 2.77. The van der Waals surface area contributed by atoms with E-state index in [1.54, 1.807) is 12.1 Å². The lowest BCUT2D eigenvalue weighted by atomic mass is 10.2. The average molecular weight is 256 g/mol. The lowest BCUT2D eigenvalue weighted by Gasteiger charge is -1.99. The second kappa shape index (κ2) is 4.61. The van der Waals surface area contributed by atoms with E-state index in [9.17, 15) is 4.79 Å². The zero-order valence-corrected chi connectivity index (χ0v) is 10.3. The molecule has 0 unspecified atom stereocenters. The molecular weight excluding hydrogens is 244 g/mol. The highest BCUT2D eigenvalue weighted by Gasteiger charge is 2.12. The fraction of sp³-hybridized carbons (Fsp3) is 0.143. The average Bonchev–Trinajstić information content (AvgIpc) is 3.01. The second-order valence-corrected chi connectivity index (χ2v) is 4.28. The number of hydrogen-bond donors (Lipinski definition) is 1. The molecule has 5 nitrogen and oxygen atoms in total. The Bertz CT molecular complexity index is 694. The van der Waals surface area contributed by atoms with E-state index >= 15 is 0 Å². The van der Waals surface area contributed by atoms with Crippen LogP contribution in [0.15, 0.2) is 40.9 Å². The summed E-state index contributed by atoms with van der Waals surface area (Å²) in [5.41, 5.74) is 2.10. The maximum atomic E-state index is 11.9. The number of hydrogen-bond acceptors (Lipinski definition) is 4. The largest absolute Gasteiger partial charge is 0.453 e. The number of H-pyrrole nitrogens is 1. The third kappa shape index (κ3) is 2.35. The van der Waals surface area contributed by atoms with E-state index in [4.69, 9.17) is 9.26 Å². The number of nitrogens with one attached hydrogen (secondary N) is 1. The minimum atomic E-state index is -0.412. The van der Waals surface area contributed by atoms with Crippen LogP contribution in [0, 0.1) is 6.92 Å². The summed E-state index contributed by atoms with van der Waals surface area (Å²) in [5, 5.41) is 4.70. The fourth-order valence-corrected chi connectivity index (χ4v) is 1.88. The van der Waals surface area contributed by atoms with Crippen LogP contribution in [-0.2, 0) is 11.3 Å². The van der Waals surface area contributed by atoms with Crippen molar-refractivity contribution >= 4 is 16.9 Å². The van der Waals surface area contributed by atoms with E-state index < -0.39 is 5.97 Å². The summed E-state index contributed by atoms with van der Waals surface area (Å²) in [6, 6.07) is 11.2. The number of aromatic amines is 1. The van der Waals surface area contributed by atoms with Crippen molar-refractivity contribution < 1.29 is 14.1 Å². The summed E-state index contributed by atoms with van der Waals surface area (Å²) in [4.78, 5) is 14.9. The van der Waals surface area contributed by atoms with Crippen molar-refractivity contribution in [3.63, 3.8) is 0 Å². The first-order valence-electron chi connectivity index (χ1n) is 5.89. The molecule has 1 aromatic carbocycles. The van der Waals surface area contributed by atoms with Crippen LogP contribution in [0.2, 0.25) is 0 Å². The monoisotopic (exact) mass is 256 g/mol. The van der Waals surface area contributed by atoms with Crippen molar-refractivity contribution in [1.29, 1.82) is 0 Å². The van der Waals surface area contributed by atoms with Gasteiger partial charge in [-0.05, 0) is 19.1 Å². The number of para-hydroxylation sites is 1. The van der Waals surface area contributed by atoms with Crippen LogP contribution in [0.25, 0.3) is 10.9 Å². The number of ether oxygens (including phenoxy) is 1. The molecule has 0 aliphatic carbocycles. The van der Waals surface area contributed by atoms with E-state index in [-0.39, 0.29) is 6.61 Å². The van der Waals surface area contributed by atoms with Gasteiger partial charge >= 0.3 is 5.97 Å². The number of carbonyl (C=O) groups excluding carboxylic acids is 1. The summed E-state index contributed by atoms with van der Waals surface area (Å²) in [6.45, 7) is 1.89. The van der Waals surface area contributed by atoms with Gasteiger partial charge in [-0.2, -0.15) is 0 Å². The standard InChI is InChI=1S/C14H12N2O3/c1-9-6-11(19-16-9)8-18-14(17)13-7-10-4-2-3-5-12(10)15-13/h2-7,15H,8H2,1H3. The number of aromatic nitrogens is 2. The Morgan fingerprint density at radius 3 is 2.95 bits per heavy atom. The lowest BCUT2D eigenvalue weighted by Crippen LogP contribution is -2.05. The highest BCUT2D eigenvalue weighted by molar-refractivity contribution is 5.94. The smallest absolute Gasteiger partial charge is 0.355 e. The maximum absolute atomic E-state index is 11.9. The van der Waals surface area contributed by atoms with Crippen LogP contribution in [0.4, 0.5) is 0 Å². The van der Waals surface area contributed by atoms with E-state index in [1.807, 2.05) is 31.2 Å².